The first kappa shape index (κ1) is 25.3. The first-order valence-electron chi connectivity index (χ1n) is 13.2. The highest BCUT2D eigenvalue weighted by Crippen LogP contribution is 2.41. The SMILES string of the molecule is c1ccc(P(c2ccccc2)c2ccccc2[OH+]c2ccccc2[PH+](c2ccccc2)c2ccccc2)cc1. The van der Waals surface area contributed by atoms with Crippen LogP contribution in [0.15, 0.2) is 170 Å². The Balaban J connectivity index is 1.46. The molecule has 1 N–H and O–H groups in total. The number of hydrogen-bond donors (Lipinski definition) is 0. The van der Waals surface area contributed by atoms with E-state index >= 15 is 0 Å². The maximum Gasteiger partial charge on any atom is 0.304 e. The van der Waals surface area contributed by atoms with Gasteiger partial charge in [-0.1, -0.05) is 121 Å². The van der Waals surface area contributed by atoms with E-state index in [4.69, 9.17) is 4.74 Å². The molecule has 0 heterocycles. The summed E-state index contributed by atoms with van der Waals surface area (Å²) in [6.07, 6.45) is 0. The monoisotopic (exact) mass is 540 g/mol. The number of ether oxygens (including phenoxy) is 1. The molecule has 1 nitrogen and oxygen atoms in total. The smallest absolute Gasteiger partial charge is 0.304 e. The van der Waals surface area contributed by atoms with Gasteiger partial charge in [0.15, 0.2) is 5.30 Å². The second kappa shape index (κ2) is 12.2. The standard InChI is InChI=1S/C36H28OP2/c1-5-17-29(18-6-1)38(30-19-7-2-8-20-30)35-27-15-13-25-33(35)37-34-26-14-16-28-36(34)39(31-21-9-3-10-22-31)32-23-11-4-12-24-32/h1-28H/p+2. The van der Waals surface area contributed by atoms with E-state index < -0.39 is 15.8 Å². The summed E-state index contributed by atoms with van der Waals surface area (Å²) < 4.78 is 5.43. The van der Waals surface area contributed by atoms with E-state index in [-0.39, 0.29) is 0 Å². The van der Waals surface area contributed by atoms with Crippen LogP contribution in [0.4, 0.5) is 0 Å². The molecular formula is C36H30OP2+2. The van der Waals surface area contributed by atoms with E-state index in [0.717, 1.165) is 11.5 Å². The molecule has 3 heteroatoms. The molecule has 39 heavy (non-hydrogen) atoms. The van der Waals surface area contributed by atoms with Crippen LogP contribution < -0.4 is 31.8 Å². The van der Waals surface area contributed by atoms with Gasteiger partial charge in [0, 0.05) is 12.1 Å². The van der Waals surface area contributed by atoms with Gasteiger partial charge in [0.2, 0.25) is 0 Å². The molecule has 0 aromatic heterocycles. The quantitative estimate of drug-likeness (QED) is 0.153. The molecule has 6 aromatic rings. The Morgan fingerprint density at radius 2 is 0.795 bits per heavy atom. The zero-order chi connectivity index (χ0) is 26.3. The summed E-state index contributed by atoms with van der Waals surface area (Å²) in [5.74, 6) is 2.08. The van der Waals surface area contributed by atoms with E-state index in [1.54, 1.807) is 0 Å². The molecule has 0 aliphatic rings. The van der Waals surface area contributed by atoms with Crippen molar-refractivity contribution in [3.63, 3.8) is 0 Å². The fourth-order valence-corrected chi connectivity index (χ4v) is 9.98. The average Bonchev–Trinajstić information content (AvgIpc) is 3.01. The maximum absolute atomic E-state index is 5.43. The molecule has 0 saturated carbocycles. The molecule has 0 unspecified atom stereocenters. The van der Waals surface area contributed by atoms with Crippen molar-refractivity contribution in [1.82, 2.24) is 0 Å². The Morgan fingerprint density at radius 3 is 1.33 bits per heavy atom. The second-order valence-corrected chi connectivity index (χ2v) is 13.9. The van der Waals surface area contributed by atoms with E-state index in [2.05, 4.69) is 170 Å². The molecule has 0 bridgehead atoms. The third-order valence-corrected chi connectivity index (χ3v) is 12.0. The van der Waals surface area contributed by atoms with Crippen molar-refractivity contribution < 1.29 is 4.74 Å². The lowest BCUT2D eigenvalue weighted by molar-refractivity contribution is 0.204. The summed E-state index contributed by atoms with van der Waals surface area (Å²) in [5.41, 5.74) is 0. The molecule has 6 aromatic carbocycles. The van der Waals surface area contributed by atoms with Crippen LogP contribution in [-0.2, 0) is 0 Å². The van der Waals surface area contributed by atoms with Gasteiger partial charge in [0.1, 0.15) is 18.5 Å². The van der Waals surface area contributed by atoms with E-state index in [0.29, 0.717) is 0 Å². The van der Waals surface area contributed by atoms with Crippen LogP contribution in [-0.4, -0.2) is 4.74 Å². The number of rotatable bonds is 8. The Labute approximate surface area is 233 Å². The van der Waals surface area contributed by atoms with Gasteiger partial charge in [0.25, 0.3) is 5.75 Å². The van der Waals surface area contributed by atoms with E-state index in [1.807, 2.05) is 0 Å². The zero-order valence-electron chi connectivity index (χ0n) is 21.6. The number of benzene rings is 6. The van der Waals surface area contributed by atoms with Crippen molar-refractivity contribution in [1.29, 1.82) is 0 Å². The minimum Gasteiger partial charge on any atom is -0.543 e. The molecule has 0 radical (unpaired) electrons. The lowest BCUT2D eigenvalue weighted by Gasteiger charge is -2.20. The molecule has 6 rings (SSSR count). The summed E-state index contributed by atoms with van der Waals surface area (Å²) in [4.78, 5) is 0. The molecular weight excluding hydrogens is 510 g/mol. The van der Waals surface area contributed by atoms with Crippen molar-refractivity contribution in [2.45, 2.75) is 0 Å². The van der Waals surface area contributed by atoms with Crippen LogP contribution in [0.2, 0.25) is 0 Å². The number of hydrogen-bond acceptors (Lipinski definition) is 0. The van der Waals surface area contributed by atoms with Gasteiger partial charge in [-0.25, -0.2) is 0 Å². The Morgan fingerprint density at radius 1 is 0.385 bits per heavy atom. The molecule has 0 aliphatic carbocycles. The third kappa shape index (κ3) is 5.71. The number of para-hydroxylation sites is 2. The summed E-state index contributed by atoms with van der Waals surface area (Å²) in [7, 11) is -2.01. The lowest BCUT2D eigenvalue weighted by Crippen LogP contribution is -2.23. The normalized spacial score (nSPS) is 11.0. The maximum atomic E-state index is 5.43. The van der Waals surface area contributed by atoms with Crippen molar-refractivity contribution in [2.24, 2.45) is 0 Å². The topological polar surface area (TPSA) is 12.8 Å². The molecule has 0 amide bonds. The van der Waals surface area contributed by atoms with Crippen LogP contribution in [0, 0.1) is 0 Å². The van der Waals surface area contributed by atoms with Crippen molar-refractivity contribution in [3.05, 3.63) is 170 Å². The van der Waals surface area contributed by atoms with Gasteiger partial charge in [-0.15, -0.1) is 0 Å². The molecule has 0 atom stereocenters. The van der Waals surface area contributed by atoms with E-state index in [9.17, 15) is 0 Å². The molecule has 0 fully saturated rings. The van der Waals surface area contributed by atoms with Crippen LogP contribution >= 0.6 is 15.8 Å². The molecule has 0 aliphatic heterocycles. The van der Waals surface area contributed by atoms with Crippen LogP contribution in [0.25, 0.3) is 0 Å². The minimum absolute atomic E-state index is 0.761. The van der Waals surface area contributed by atoms with Gasteiger partial charge in [-0.2, -0.15) is 0 Å². The van der Waals surface area contributed by atoms with E-state index in [1.165, 1.54) is 31.8 Å². The first-order valence-corrected chi connectivity index (χ1v) is 16.0. The van der Waals surface area contributed by atoms with Gasteiger partial charge in [-0.3, -0.25) is 0 Å². The minimum atomic E-state index is -1.25. The molecule has 0 spiro atoms. The summed E-state index contributed by atoms with van der Waals surface area (Å²) >= 11 is 0. The number of aromatic hydroxyl groups is 2. The van der Waals surface area contributed by atoms with Crippen LogP contribution in [0.3, 0.4) is 0 Å². The highest BCUT2D eigenvalue weighted by atomic mass is 31.1. The highest BCUT2D eigenvalue weighted by molar-refractivity contribution is 7.80. The Bertz CT molecular complexity index is 1420. The van der Waals surface area contributed by atoms with Gasteiger partial charge >= 0.3 is 5.75 Å². The van der Waals surface area contributed by atoms with Gasteiger partial charge in [-0.05, 0) is 54.9 Å². The zero-order valence-corrected chi connectivity index (χ0v) is 23.5. The van der Waals surface area contributed by atoms with Crippen molar-refractivity contribution in [2.75, 3.05) is 0 Å². The van der Waals surface area contributed by atoms with Crippen LogP contribution in [0.5, 0.6) is 11.5 Å². The summed E-state index contributed by atoms with van der Waals surface area (Å²) in [5, 5.41) is 7.95. The summed E-state index contributed by atoms with van der Waals surface area (Å²) in [6, 6.07) is 60.9. The van der Waals surface area contributed by atoms with Crippen molar-refractivity contribution >= 4 is 47.7 Å². The average molecular weight is 541 g/mol. The highest BCUT2D eigenvalue weighted by Gasteiger charge is 2.32. The molecule has 0 saturated heterocycles. The van der Waals surface area contributed by atoms with Gasteiger partial charge < -0.3 is 4.74 Å². The Kier molecular flexibility index (Phi) is 7.92. The summed E-state index contributed by atoms with van der Waals surface area (Å²) in [6.45, 7) is 0. The second-order valence-electron chi connectivity index (χ2n) is 9.23. The first-order chi connectivity index (χ1) is 19.4. The predicted molar refractivity (Wildman–Crippen MR) is 173 cm³/mol. The fraction of sp³-hybridized carbons (Fsp3) is 0. The largest absolute Gasteiger partial charge is 0.543 e. The lowest BCUT2D eigenvalue weighted by atomic mass is 10.3. The fourth-order valence-electron chi connectivity index (χ4n) is 4.93. The van der Waals surface area contributed by atoms with Crippen molar-refractivity contribution in [3.8, 4) is 11.5 Å². The van der Waals surface area contributed by atoms with Gasteiger partial charge in [0.05, 0.1) is 5.30 Å². The predicted octanol–water partition coefficient (Wildman–Crippen LogP) is 6.59. The Hall–Kier alpha value is -4.02. The molecule has 188 valence electrons. The third-order valence-electron chi connectivity index (χ3n) is 6.69. The van der Waals surface area contributed by atoms with Crippen LogP contribution in [0.1, 0.15) is 0 Å².